The van der Waals surface area contributed by atoms with Gasteiger partial charge >= 0.3 is 5.97 Å². The Labute approximate surface area is 151 Å². The van der Waals surface area contributed by atoms with Crippen molar-refractivity contribution in [2.45, 2.75) is 123 Å². The molecule has 0 atom stereocenters. The summed E-state index contributed by atoms with van der Waals surface area (Å²) in [6, 6.07) is 0. The third-order valence-electron chi connectivity index (χ3n) is 4.52. The standard InChI is InChI=1S/C21H43NO2/c1-3-5-6-7-8-9-10-11-12-13-14-15-16-17-18-19-21(23)24-22-20-4-2/h22H,3-20H2,1-2H3. The highest BCUT2D eigenvalue weighted by atomic mass is 16.7. The lowest BCUT2D eigenvalue weighted by atomic mass is 10.0. The van der Waals surface area contributed by atoms with E-state index in [4.69, 9.17) is 4.84 Å². The molecule has 3 heteroatoms. The molecule has 0 aliphatic heterocycles. The van der Waals surface area contributed by atoms with Crippen LogP contribution in [0.5, 0.6) is 0 Å². The Hall–Kier alpha value is -0.570. The average Bonchev–Trinajstić information content (AvgIpc) is 2.58. The van der Waals surface area contributed by atoms with Gasteiger partial charge in [-0.2, -0.15) is 5.48 Å². The topological polar surface area (TPSA) is 38.3 Å². The highest BCUT2D eigenvalue weighted by Crippen LogP contribution is 2.13. The van der Waals surface area contributed by atoms with E-state index in [1.165, 1.54) is 83.5 Å². The van der Waals surface area contributed by atoms with Crippen LogP contribution in [-0.2, 0) is 9.63 Å². The van der Waals surface area contributed by atoms with Crippen LogP contribution >= 0.6 is 0 Å². The number of carbonyl (C=O) groups is 1. The fourth-order valence-electron chi connectivity index (χ4n) is 2.93. The van der Waals surface area contributed by atoms with Gasteiger partial charge in [0.05, 0.1) is 0 Å². The molecule has 0 spiro atoms. The predicted molar refractivity (Wildman–Crippen MR) is 104 cm³/mol. The van der Waals surface area contributed by atoms with Crippen LogP contribution < -0.4 is 5.48 Å². The molecule has 0 heterocycles. The van der Waals surface area contributed by atoms with Gasteiger partial charge < -0.3 is 4.84 Å². The predicted octanol–water partition coefficient (Wildman–Crippen LogP) is 6.71. The van der Waals surface area contributed by atoms with E-state index in [0.29, 0.717) is 6.42 Å². The van der Waals surface area contributed by atoms with Crippen molar-refractivity contribution in [3.63, 3.8) is 0 Å². The van der Waals surface area contributed by atoms with Crippen LogP contribution in [0.3, 0.4) is 0 Å². The molecule has 24 heavy (non-hydrogen) atoms. The zero-order chi connectivity index (χ0) is 17.7. The van der Waals surface area contributed by atoms with Gasteiger partial charge in [-0.3, -0.25) is 4.79 Å². The molecule has 0 unspecified atom stereocenters. The first kappa shape index (κ1) is 23.4. The van der Waals surface area contributed by atoms with E-state index in [0.717, 1.165) is 25.8 Å². The Morgan fingerprint density at radius 3 is 1.46 bits per heavy atom. The van der Waals surface area contributed by atoms with Crippen molar-refractivity contribution in [1.29, 1.82) is 0 Å². The van der Waals surface area contributed by atoms with E-state index in [2.05, 4.69) is 19.3 Å². The molecule has 0 radical (unpaired) electrons. The molecule has 0 aliphatic rings. The van der Waals surface area contributed by atoms with Crippen LogP contribution in [-0.4, -0.2) is 12.5 Å². The zero-order valence-corrected chi connectivity index (χ0v) is 16.5. The number of rotatable bonds is 19. The first-order valence-corrected chi connectivity index (χ1v) is 10.7. The van der Waals surface area contributed by atoms with Gasteiger partial charge in [0.2, 0.25) is 0 Å². The van der Waals surface area contributed by atoms with Crippen LogP contribution in [0.1, 0.15) is 123 Å². The highest BCUT2D eigenvalue weighted by molar-refractivity contribution is 5.68. The molecule has 0 aromatic heterocycles. The molecule has 0 aliphatic carbocycles. The van der Waals surface area contributed by atoms with E-state index in [-0.39, 0.29) is 5.97 Å². The third-order valence-corrected chi connectivity index (χ3v) is 4.52. The number of unbranched alkanes of at least 4 members (excludes halogenated alkanes) is 14. The fourth-order valence-corrected chi connectivity index (χ4v) is 2.93. The monoisotopic (exact) mass is 341 g/mol. The Morgan fingerprint density at radius 2 is 1.04 bits per heavy atom. The molecule has 3 nitrogen and oxygen atoms in total. The molecular weight excluding hydrogens is 298 g/mol. The molecule has 0 aromatic rings. The van der Waals surface area contributed by atoms with E-state index in [1.54, 1.807) is 0 Å². The van der Waals surface area contributed by atoms with Crippen LogP contribution in [0.15, 0.2) is 0 Å². The molecular formula is C21H43NO2. The molecule has 0 saturated heterocycles. The molecule has 0 aromatic carbocycles. The summed E-state index contributed by atoms with van der Waals surface area (Å²) in [5, 5.41) is 0. The van der Waals surface area contributed by atoms with Crippen molar-refractivity contribution in [3.05, 3.63) is 0 Å². The smallest absolute Gasteiger partial charge is 0.324 e. The summed E-state index contributed by atoms with van der Waals surface area (Å²) in [5.74, 6) is -0.113. The maximum Gasteiger partial charge on any atom is 0.324 e. The van der Waals surface area contributed by atoms with Crippen molar-refractivity contribution in [2.75, 3.05) is 6.54 Å². The molecule has 0 fully saturated rings. The van der Waals surface area contributed by atoms with Crippen molar-refractivity contribution < 1.29 is 9.63 Å². The van der Waals surface area contributed by atoms with Crippen LogP contribution in [0.4, 0.5) is 0 Å². The van der Waals surface area contributed by atoms with E-state index in [9.17, 15) is 4.79 Å². The highest BCUT2D eigenvalue weighted by Gasteiger charge is 2.02. The van der Waals surface area contributed by atoms with Gasteiger partial charge in [-0.15, -0.1) is 0 Å². The number of carbonyl (C=O) groups excluding carboxylic acids is 1. The second kappa shape index (κ2) is 20.5. The van der Waals surface area contributed by atoms with Gasteiger partial charge in [-0.1, -0.05) is 104 Å². The molecule has 1 N–H and O–H groups in total. The van der Waals surface area contributed by atoms with Gasteiger partial charge in [0.15, 0.2) is 0 Å². The van der Waals surface area contributed by atoms with Crippen LogP contribution in [0.25, 0.3) is 0 Å². The normalized spacial score (nSPS) is 10.9. The van der Waals surface area contributed by atoms with Crippen molar-refractivity contribution >= 4 is 5.97 Å². The summed E-state index contributed by atoms with van der Waals surface area (Å²) in [6.07, 6.45) is 21.7. The molecule has 0 rings (SSSR count). The van der Waals surface area contributed by atoms with Crippen molar-refractivity contribution in [1.82, 2.24) is 5.48 Å². The van der Waals surface area contributed by atoms with Gasteiger partial charge in [0.1, 0.15) is 0 Å². The summed E-state index contributed by atoms with van der Waals surface area (Å²) in [6.45, 7) is 5.07. The largest absolute Gasteiger partial charge is 0.371 e. The van der Waals surface area contributed by atoms with Gasteiger partial charge in [-0.05, 0) is 12.8 Å². The van der Waals surface area contributed by atoms with E-state index >= 15 is 0 Å². The van der Waals surface area contributed by atoms with Crippen molar-refractivity contribution in [2.24, 2.45) is 0 Å². The summed E-state index contributed by atoms with van der Waals surface area (Å²) in [5.41, 5.74) is 2.69. The third kappa shape index (κ3) is 19.5. The van der Waals surface area contributed by atoms with Gasteiger partial charge in [-0.25, -0.2) is 0 Å². The van der Waals surface area contributed by atoms with E-state index < -0.39 is 0 Å². The van der Waals surface area contributed by atoms with E-state index in [1.807, 2.05) is 0 Å². The number of hydrogen-bond donors (Lipinski definition) is 1. The number of nitrogens with one attached hydrogen (secondary N) is 1. The average molecular weight is 342 g/mol. The quantitative estimate of drug-likeness (QED) is 0.210. The first-order valence-electron chi connectivity index (χ1n) is 10.7. The maximum atomic E-state index is 11.4. The Balaban J connectivity index is 3.06. The van der Waals surface area contributed by atoms with Crippen LogP contribution in [0, 0.1) is 0 Å². The summed E-state index contributed by atoms with van der Waals surface area (Å²) < 4.78 is 0. The Bertz CT molecular complexity index is 256. The first-order chi connectivity index (χ1) is 11.8. The van der Waals surface area contributed by atoms with Crippen molar-refractivity contribution in [3.8, 4) is 0 Å². The second-order valence-electron chi connectivity index (χ2n) is 7.07. The van der Waals surface area contributed by atoms with Crippen LogP contribution in [0.2, 0.25) is 0 Å². The summed E-state index contributed by atoms with van der Waals surface area (Å²) in [4.78, 5) is 16.3. The Morgan fingerprint density at radius 1 is 0.625 bits per heavy atom. The lowest BCUT2D eigenvalue weighted by Crippen LogP contribution is -2.20. The minimum Gasteiger partial charge on any atom is -0.371 e. The lowest BCUT2D eigenvalue weighted by Gasteiger charge is -2.05. The Kier molecular flexibility index (Phi) is 20.0. The summed E-state index contributed by atoms with van der Waals surface area (Å²) in [7, 11) is 0. The number of hydrogen-bond acceptors (Lipinski definition) is 3. The second-order valence-corrected chi connectivity index (χ2v) is 7.07. The fraction of sp³-hybridized carbons (Fsp3) is 0.952. The number of hydroxylamine groups is 1. The molecule has 0 saturated carbocycles. The zero-order valence-electron chi connectivity index (χ0n) is 16.5. The minimum atomic E-state index is -0.113. The molecule has 144 valence electrons. The maximum absolute atomic E-state index is 11.4. The lowest BCUT2D eigenvalue weighted by molar-refractivity contribution is -0.151. The SMILES string of the molecule is CCCCCCCCCCCCCCCCCC(=O)ONCCC. The molecule has 0 amide bonds. The van der Waals surface area contributed by atoms with Gasteiger partial charge in [0, 0.05) is 13.0 Å². The minimum absolute atomic E-state index is 0.113. The molecule has 0 bridgehead atoms. The summed E-state index contributed by atoms with van der Waals surface area (Å²) >= 11 is 0. The van der Waals surface area contributed by atoms with Gasteiger partial charge in [0.25, 0.3) is 0 Å².